The van der Waals surface area contributed by atoms with E-state index in [0.29, 0.717) is 0 Å². The Kier molecular flexibility index (Phi) is 25.8. The highest BCUT2D eigenvalue weighted by molar-refractivity contribution is 5.83. The van der Waals surface area contributed by atoms with Crippen LogP contribution in [0.1, 0.15) is 111 Å². The number of hydrogen-bond donors (Lipinski definition) is 0. The van der Waals surface area contributed by atoms with Gasteiger partial charge in [-0.2, -0.15) is 0 Å². The zero-order valence-corrected chi connectivity index (χ0v) is 37.8. The van der Waals surface area contributed by atoms with Crippen molar-refractivity contribution in [2.75, 3.05) is 0 Å². The normalized spacial score (nSPS) is 9.79. The average molecular weight is 755 g/mol. The van der Waals surface area contributed by atoms with Crippen molar-refractivity contribution in [1.82, 2.24) is 0 Å². The summed E-state index contributed by atoms with van der Waals surface area (Å²) in [4.78, 5) is 0. The van der Waals surface area contributed by atoms with E-state index in [1.807, 2.05) is 93.5 Å². The first kappa shape index (κ1) is 50.9. The van der Waals surface area contributed by atoms with Gasteiger partial charge in [0.05, 0.1) is 0 Å². The van der Waals surface area contributed by atoms with Crippen LogP contribution in [0.4, 0.5) is 0 Å². The molecule has 0 fully saturated rings. The lowest BCUT2D eigenvalue weighted by Gasteiger charge is -2.26. The molecule has 6 aromatic carbocycles. The third-order valence-corrected chi connectivity index (χ3v) is 7.19. The summed E-state index contributed by atoms with van der Waals surface area (Å²) in [6, 6.07) is 54.3. The lowest BCUT2D eigenvalue weighted by molar-refractivity contribution is 0.132. The van der Waals surface area contributed by atoms with Crippen LogP contribution in [0.2, 0.25) is 0 Å². The highest BCUT2D eigenvalue weighted by atomic mass is 16.5. The highest BCUT2D eigenvalue weighted by Crippen LogP contribution is 2.42. The Balaban J connectivity index is 0.000000884. The molecule has 2 heteroatoms. The predicted molar refractivity (Wildman–Crippen MR) is 252 cm³/mol. The van der Waals surface area contributed by atoms with Crippen molar-refractivity contribution in [3.63, 3.8) is 0 Å². The minimum atomic E-state index is -0.256. The third kappa shape index (κ3) is 17.2. The lowest BCUT2D eigenvalue weighted by Crippen LogP contribution is -2.23. The van der Waals surface area contributed by atoms with Crippen molar-refractivity contribution >= 4 is 0 Å². The van der Waals surface area contributed by atoms with Crippen molar-refractivity contribution < 1.29 is 9.47 Å². The molecule has 302 valence electrons. The van der Waals surface area contributed by atoms with E-state index in [0.717, 1.165) is 33.8 Å². The molecule has 2 nitrogen and oxygen atoms in total. The standard InChI is InChI=1S/2C22H22O.5C2H6/c2*1-22(2,3)23-21-19(17-11-6-4-7-12-17)15-10-16-20(21)18-13-8-5-9-14-18;5*1-2/h2*4-16H,1-3H3;5*1-2H3. The number of benzene rings is 6. The second-order valence-corrected chi connectivity index (χ2v) is 13.3. The van der Waals surface area contributed by atoms with Crippen LogP contribution in [-0.4, -0.2) is 11.2 Å². The van der Waals surface area contributed by atoms with Gasteiger partial charge in [-0.15, -0.1) is 0 Å². The van der Waals surface area contributed by atoms with Gasteiger partial charge in [-0.1, -0.05) is 227 Å². The zero-order chi connectivity index (χ0) is 42.6. The Morgan fingerprint density at radius 1 is 0.250 bits per heavy atom. The van der Waals surface area contributed by atoms with Crippen molar-refractivity contribution in [1.29, 1.82) is 0 Å². The molecule has 0 aromatic heterocycles. The number of hydrogen-bond acceptors (Lipinski definition) is 2. The summed E-state index contributed by atoms with van der Waals surface area (Å²) in [5, 5.41) is 0. The summed E-state index contributed by atoms with van der Waals surface area (Å²) >= 11 is 0. The fraction of sp³-hybridized carbons (Fsp3) is 0.333. The minimum absolute atomic E-state index is 0.256. The van der Waals surface area contributed by atoms with E-state index in [2.05, 4.69) is 175 Å². The van der Waals surface area contributed by atoms with Gasteiger partial charge < -0.3 is 9.47 Å². The summed E-state index contributed by atoms with van der Waals surface area (Å²) < 4.78 is 12.7. The van der Waals surface area contributed by atoms with E-state index >= 15 is 0 Å². The van der Waals surface area contributed by atoms with Gasteiger partial charge in [0.25, 0.3) is 0 Å². The molecule has 56 heavy (non-hydrogen) atoms. The molecule has 0 amide bonds. The van der Waals surface area contributed by atoms with E-state index in [-0.39, 0.29) is 11.2 Å². The van der Waals surface area contributed by atoms with Gasteiger partial charge in [-0.05, 0) is 63.8 Å². The van der Waals surface area contributed by atoms with Crippen LogP contribution in [0, 0.1) is 0 Å². The maximum atomic E-state index is 6.37. The molecule has 0 saturated carbocycles. The molecular formula is C54H74O2. The van der Waals surface area contributed by atoms with E-state index in [4.69, 9.17) is 9.47 Å². The molecule has 0 unspecified atom stereocenters. The molecule has 0 aliphatic rings. The second kappa shape index (κ2) is 28.3. The largest absolute Gasteiger partial charge is 0.487 e. The molecule has 0 spiro atoms. The Morgan fingerprint density at radius 2 is 0.429 bits per heavy atom. The molecule has 0 N–H and O–H groups in total. The first-order chi connectivity index (χ1) is 27.1. The van der Waals surface area contributed by atoms with Gasteiger partial charge in [-0.25, -0.2) is 0 Å². The lowest BCUT2D eigenvalue weighted by atomic mass is 9.97. The van der Waals surface area contributed by atoms with Gasteiger partial charge in [0, 0.05) is 22.3 Å². The predicted octanol–water partition coefficient (Wildman–Crippen LogP) is 17.5. The van der Waals surface area contributed by atoms with Crippen LogP contribution >= 0.6 is 0 Å². The molecule has 0 saturated heterocycles. The first-order valence-corrected chi connectivity index (χ1v) is 20.9. The van der Waals surface area contributed by atoms with E-state index in [1.54, 1.807) is 0 Å². The van der Waals surface area contributed by atoms with E-state index in [1.165, 1.54) is 22.3 Å². The summed E-state index contributed by atoms with van der Waals surface area (Å²) in [6.45, 7) is 32.5. The minimum Gasteiger partial charge on any atom is -0.487 e. The van der Waals surface area contributed by atoms with Crippen LogP contribution < -0.4 is 9.47 Å². The Labute approximate surface area is 344 Å². The Bertz CT molecular complexity index is 1560. The van der Waals surface area contributed by atoms with E-state index < -0.39 is 0 Å². The molecule has 0 aliphatic heterocycles. The molecule has 0 aliphatic carbocycles. The van der Waals surface area contributed by atoms with Crippen LogP contribution in [0.15, 0.2) is 158 Å². The molecule has 6 rings (SSSR count). The number of ether oxygens (including phenoxy) is 2. The summed E-state index contributed by atoms with van der Waals surface area (Å²) in [5.41, 5.74) is 8.68. The highest BCUT2D eigenvalue weighted by Gasteiger charge is 2.21. The van der Waals surface area contributed by atoms with Crippen molar-refractivity contribution in [3.8, 4) is 56.0 Å². The third-order valence-electron chi connectivity index (χ3n) is 7.19. The SMILES string of the molecule is CC.CC.CC.CC.CC.CC(C)(C)Oc1c(-c2ccccc2)cccc1-c1ccccc1.CC(C)(C)Oc1c(-c2ccccc2)cccc1-c1ccccc1. The Hall–Kier alpha value is -5.08. The van der Waals surface area contributed by atoms with E-state index in [9.17, 15) is 0 Å². The molecular weight excluding hydrogens is 681 g/mol. The first-order valence-electron chi connectivity index (χ1n) is 20.9. The zero-order valence-electron chi connectivity index (χ0n) is 37.8. The molecule has 0 heterocycles. The summed E-state index contributed by atoms with van der Waals surface area (Å²) in [6.07, 6.45) is 0. The van der Waals surface area contributed by atoms with Crippen molar-refractivity contribution in [3.05, 3.63) is 158 Å². The van der Waals surface area contributed by atoms with Gasteiger partial charge in [0.1, 0.15) is 22.7 Å². The smallest absolute Gasteiger partial charge is 0.135 e. The van der Waals surface area contributed by atoms with Crippen LogP contribution in [-0.2, 0) is 0 Å². The fourth-order valence-electron chi connectivity index (χ4n) is 5.29. The molecule has 0 radical (unpaired) electrons. The molecule has 6 aromatic rings. The van der Waals surface area contributed by atoms with Crippen LogP contribution in [0.3, 0.4) is 0 Å². The van der Waals surface area contributed by atoms with Gasteiger partial charge in [0.2, 0.25) is 0 Å². The average Bonchev–Trinajstić information content (AvgIpc) is 3.25. The van der Waals surface area contributed by atoms with Crippen molar-refractivity contribution in [2.24, 2.45) is 0 Å². The summed E-state index contributed by atoms with van der Waals surface area (Å²) in [5.74, 6) is 1.88. The number of rotatable bonds is 6. The van der Waals surface area contributed by atoms with Gasteiger partial charge in [0.15, 0.2) is 0 Å². The monoisotopic (exact) mass is 755 g/mol. The maximum Gasteiger partial charge on any atom is 0.135 e. The van der Waals surface area contributed by atoms with Gasteiger partial charge >= 0.3 is 0 Å². The molecule has 0 atom stereocenters. The van der Waals surface area contributed by atoms with Gasteiger partial charge in [-0.3, -0.25) is 0 Å². The Morgan fingerprint density at radius 3 is 0.589 bits per heavy atom. The molecule has 0 bridgehead atoms. The number of para-hydroxylation sites is 2. The quantitative estimate of drug-likeness (QED) is 0.169. The topological polar surface area (TPSA) is 18.5 Å². The fourth-order valence-corrected chi connectivity index (χ4v) is 5.29. The summed E-state index contributed by atoms with van der Waals surface area (Å²) in [7, 11) is 0. The van der Waals surface area contributed by atoms with Crippen LogP contribution in [0.25, 0.3) is 44.5 Å². The van der Waals surface area contributed by atoms with Crippen LogP contribution in [0.5, 0.6) is 11.5 Å². The van der Waals surface area contributed by atoms with Crippen molar-refractivity contribution in [2.45, 2.75) is 122 Å². The maximum absolute atomic E-state index is 6.37. The second-order valence-electron chi connectivity index (χ2n) is 13.3.